The number of carbonyl (C=O) groups excluding carboxylic acids is 1. The summed E-state index contributed by atoms with van der Waals surface area (Å²) in [5, 5.41) is 0. The lowest BCUT2D eigenvalue weighted by atomic mass is 9.89. The summed E-state index contributed by atoms with van der Waals surface area (Å²) in [6.07, 6.45) is 8.80. The van der Waals surface area contributed by atoms with Crippen LogP contribution >= 0.6 is 0 Å². The van der Waals surface area contributed by atoms with Crippen molar-refractivity contribution < 1.29 is 23.4 Å². The number of allylic oxidation sites excluding steroid dienone is 3. The van der Waals surface area contributed by atoms with E-state index in [0.717, 1.165) is 57.6 Å². The van der Waals surface area contributed by atoms with E-state index in [2.05, 4.69) is 42.5 Å². The highest BCUT2D eigenvalue weighted by atomic mass is 19.1. The number of fused-ring (bicyclic) bond motifs is 1. The molecule has 1 aliphatic heterocycles. The Hall–Kier alpha value is -4.26. The molecule has 41 heavy (non-hydrogen) atoms. The highest BCUT2D eigenvalue weighted by Crippen LogP contribution is 2.40. The number of ether oxygens (including phenoxy) is 3. The molecule has 0 saturated heterocycles. The molecule has 6 nitrogen and oxygen atoms in total. The molecule has 5 rings (SSSR count). The number of aromatic nitrogens is 2. The van der Waals surface area contributed by atoms with E-state index in [4.69, 9.17) is 14.2 Å². The third-order valence-corrected chi connectivity index (χ3v) is 7.73. The molecule has 0 radical (unpaired) electrons. The van der Waals surface area contributed by atoms with E-state index >= 15 is 4.39 Å². The van der Waals surface area contributed by atoms with Crippen LogP contribution < -0.4 is 9.47 Å². The summed E-state index contributed by atoms with van der Waals surface area (Å²) in [7, 11) is 1.38. The van der Waals surface area contributed by atoms with Gasteiger partial charge in [-0.15, -0.1) is 0 Å². The van der Waals surface area contributed by atoms with Gasteiger partial charge in [0, 0.05) is 34.9 Å². The van der Waals surface area contributed by atoms with Gasteiger partial charge in [0.25, 0.3) is 0 Å². The summed E-state index contributed by atoms with van der Waals surface area (Å²) in [4.78, 5) is 20.6. The minimum atomic E-state index is -0.520. The third-order valence-electron chi connectivity index (χ3n) is 7.73. The van der Waals surface area contributed by atoms with Gasteiger partial charge in [0.05, 0.1) is 37.7 Å². The molecule has 3 aromatic rings. The number of aryl methyl sites for hydroxylation is 3. The van der Waals surface area contributed by atoms with Gasteiger partial charge < -0.3 is 14.2 Å². The van der Waals surface area contributed by atoms with E-state index in [-0.39, 0.29) is 18.3 Å². The van der Waals surface area contributed by atoms with Crippen LogP contribution in [0.15, 0.2) is 72.9 Å². The third kappa shape index (κ3) is 6.24. The van der Waals surface area contributed by atoms with Gasteiger partial charge >= 0.3 is 5.97 Å². The van der Waals surface area contributed by atoms with Crippen LogP contribution in [0, 0.1) is 20.8 Å². The number of halogens is 1. The number of rotatable bonds is 6. The predicted octanol–water partition coefficient (Wildman–Crippen LogP) is 7.53. The number of hydrogen-bond donors (Lipinski definition) is 0. The Balaban J connectivity index is 1.32. The Kier molecular flexibility index (Phi) is 8.34. The average molecular weight is 555 g/mol. The van der Waals surface area contributed by atoms with Crippen molar-refractivity contribution in [2.75, 3.05) is 13.7 Å². The van der Waals surface area contributed by atoms with Crippen molar-refractivity contribution in [1.82, 2.24) is 9.97 Å². The van der Waals surface area contributed by atoms with E-state index < -0.39 is 11.9 Å². The van der Waals surface area contributed by atoms with Crippen LogP contribution in [-0.4, -0.2) is 35.8 Å². The second-order valence-electron chi connectivity index (χ2n) is 10.7. The van der Waals surface area contributed by atoms with Gasteiger partial charge in [0.15, 0.2) is 0 Å². The Morgan fingerprint density at radius 1 is 1.12 bits per heavy atom. The molecule has 0 amide bonds. The first-order chi connectivity index (χ1) is 19.7. The van der Waals surface area contributed by atoms with Gasteiger partial charge in [0.1, 0.15) is 23.4 Å². The van der Waals surface area contributed by atoms with Crippen molar-refractivity contribution >= 4 is 11.5 Å². The monoisotopic (exact) mass is 554 g/mol. The lowest BCUT2D eigenvalue weighted by Crippen LogP contribution is -2.19. The molecule has 0 unspecified atom stereocenters. The molecule has 2 aliphatic rings. The quantitative estimate of drug-likeness (QED) is 0.293. The normalized spacial score (nSPS) is 21.2. The standard InChI is InChI=1S/C34H35FN2O4/c1-20-13-25(30-18-36-17-22(3)37-30)14-21(2)34(20)24-7-6-8-31(23(4)29(35)12-9-24)41-27-10-11-28-26(15-33(38)39-5)19-40-32(28)16-27/h9-14,16-18,26,31H,4,6-8,15,19H2,1-3,5H3/b24-9+,29-12+/t26-,31-/m1/s1. The second-order valence-corrected chi connectivity index (χ2v) is 10.7. The molecular weight excluding hydrogens is 519 g/mol. The molecular formula is C34H35FN2O4. The zero-order valence-corrected chi connectivity index (χ0v) is 24.0. The Morgan fingerprint density at radius 3 is 2.63 bits per heavy atom. The van der Waals surface area contributed by atoms with Crippen LogP contribution in [-0.2, 0) is 9.53 Å². The van der Waals surface area contributed by atoms with Crippen LogP contribution in [0.25, 0.3) is 16.8 Å². The number of methoxy groups -OCH3 is 1. The zero-order valence-electron chi connectivity index (χ0n) is 24.0. The molecule has 7 heteroatoms. The van der Waals surface area contributed by atoms with Gasteiger partial charge in [-0.1, -0.05) is 18.7 Å². The maximum Gasteiger partial charge on any atom is 0.306 e. The lowest BCUT2D eigenvalue weighted by Gasteiger charge is -2.21. The fourth-order valence-corrected chi connectivity index (χ4v) is 5.68. The van der Waals surface area contributed by atoms with E-state index in [1.807, 2.05) is 31.2 Å². The maximum atomic E-state index is 15.3. The van der Waals surface area contributed by atoms with Gasteiger partial charge in [-0.2, -0.15) is 0 Å². The molecule has 0 fully saturated rings. The molecule has 0 saturated carbocycles. The summed E-state index contributed by atoms with van der Waals surface area (Å²) >= 11 is 0. The van der Waals surface area contributed by atoms with Crippen LogP contribution in [0.3, 0.4) is 0 Å². The first kappa shape index (κ1) is 28.3. The topological polar surface area (TPSA) is 70.5 Å². The molecule has 2 atom stereocenters. The fourth-order valence-electron chi connectivity index (χ4n) is 5.68. The minimum absolute atomic E-state index is 0.0537. The molecule has 212 valence electrons. The molecule has 1 aliphatic carbocycles. The summed E-state index contributed by atoms with van der Waals surface area (Å²) < 4.78 is 32.2. The Bertz CT molecular complexity index is 1540. The van der Waals surface area contributed by atoms with Crippen molar-refractivity contribution in [2.45, 2.75) is 58.5 Å². The van der Waals surface area contributed by atoms with Gasteiger partial charge in [0.2, 0.25) is 0 Å². The highest BCUT2D eigenvalue weighted by Gasteiger charge is 2.28. The number of hydrogen-bond acceptors (Lipinski definition) is 6. The number of nitrogens with zero attached hydrogens (tertiary/aromatic N) is 2. The fraction of sp³-hybridized carbons (Fsp3) is 0.324. The van der Waals surface area contributed by atoms with Crippen LogP contribution in [0.4, 0.5) is 4.39 Å². The van der Waals surface area contributed by atoms with Crippen molar-refractivity contribution in [3.8, 4) is 22.8 Å². The van der Waals surface area contributed by atoms with Crippen LogP contribution in [0.2, 0.25) is 0 Å². The maximum absolute atomic E-state index is 15.3. The summed E-state index contributed by atoms with van der Waals surface area (Å²) in [5.74, 6) is 0.533. The van der Waals surface area contributed by atoms with Gasteiger partial charge in [-0.05, 0) is 86.6 Å². The summed E-state index contributed by atoms with van der Waals surface area (Å²) in [6.45, 7) is 10.5. The zero-order chi connectivity index (χ0) is 29.1. The molecule has 0 bridgehead atoms. The lowest BCUT2D eigenvalue weighted by molar-refractivity contribution is -0.141. The van der Waals surface area contributed by atoms with Gasteiger partial charge in [-0.3, -0.25) is 9.78 Å². The molecule has 2 heterocycles. The Labute approximate surface area is 240 Å². The molecule has 0 spiro atoms. The summed E-state index contributed by atoms with van der Waals surface area (Å²) in [6, 6.07) is 9.80. The van der Waals surface area contributed by atoms with E-state index in [1.165, 1.54) is 13.2 Å². The van der Waals surface area contributed by atoms with E-state index in [9.17, 15) is 4.79 Å². The molecule has 0 N–H and O–H groups in total. The smallest absolute Gasteiger partial charge is 0.306 e. The van der Waals surface area contributed by atoms with Crippen molar-refractivity contribution in [3.63, 3.8) is 0 Å². The van der Waals surface area contributed by atoms with Crippen molar-refractivity contribution in [2.24, 2.45) is 0 Å². The predicted molar refractivity (Wildman–Crippen MR) is 158 cm³/mol. The average Bonchev–Trinajstić information content (AvgIpc) is 3.36. The van der Waals surface area contributed by atoms with Crippen LogP contribution in [0.1, 0.15) is 59.5 Å². The largest absolute Gasteiger partial charge is 0.492 e. The number of carbonyl (C=O) groups is 1. The first-order valence-corrected chi connectivity index (χ1v) is 13.9. The van der Waals surface area contributed by atoms with E-state index in [1.54, 1.807) is 12.4 Å². The second kappa shape index (κ2) is 12.1. The summed E-state index contributed by atoms with van der Waals surface area (Å²) in [5.41, 5.74) is 8.40. The molecule has 2 aromatic carbocycles. The molecule has 1 aromatic heterocycles. The van der Waals surface area contributed by atoms with Crippen molar-refractivity contribution in [3.05, 3.63) is 101 Å². The number of esters is 1. The highest BCUT2D eigenvalue weighted by molar-refractivity contribution is 5.76. The van der Waals surface area contributed by atoms with Crippen LogP contribution in [0.5, 0.6) is 11.5 Å². The van der Waals surface area contributed by atoms with Crippen molar-refractivity contribution in [1.29, 1.82) is 0 Å². The Morgan fingerprint density at radius 2 is 1.90 bits per heavy atom. The number of benzene rings is 2. The first-order valence-electron chi connectivity index (χ1n) is 13.9. The minimum Gasteiger partial charge on any atom is -0.492 e. The SMILES string of the molecule is C=C1/C(F)=C\C=C(\c2c(C)cc(-c3cncc(C)n3)cc2C)CCC[C@H]1Oc1ccc2c(c1)OC[C@H]2CC(=O)OC. The van der Waals surface area contributed by atoms with E-state index in [0.29, 0.717) is 30.1 Å². The van der Waals surface area contributed by atoms with Gasteiger partial charge in [-0.25, -0.2) is 9.37 Å².